The highest BCUT2D eigenvalue weighted by Crippen LogP contribution is 2.25. The molecule has 2 aromatic rings. The number of hydrogen-bond donors (Lipinski definition) is 2. The quantitative estimate of drug-likeness (QED) is 0.236. The van der Waals surface area contributed by atoms with Gasteiger partial charge in [-0.25, -0.2) is 30.8 Å². The topological polar surface area (TPSA) is 134 Å². The molecule has 0 radical (unpaired) electrons. The van der Waals surface area contributed by atoms with Gasteiger partial charge in [-0.05, 0) is 70.5 Å². The van der Waals surface area contributed by atoms with Gasteiger partial charge < -0.3 is 20.1 Å². The van der Waals surface area contributed by atoms with E-state index in [0.717, 1.165) is 11.1 Å². The fourth-order valence-corrected chi connectivity index (χ4v) is 7.00. The minimum atomic E-state index is -3.48. The SMILES string of the molecule is CN(C[C@@H](NC(=O)OCc1ccccc1)C(C)(C)C)S(=O)(=O)C(C)(C)C.CN(C[C@@H](NC(=O)OCc1ccccc1)C(C)(C)C)S(=O)C(C)(C)C. The molecule has 2 amide bonds. The predicted octanol–water partition coefficient (Wildman–Crippen LogP) is 7.11. The van der Waals surface area contributed by atoms with Gasteiger partial charge in [0.15, 0.2) is 0 Å². The molecule has 2 rings (SSSR count). The molecule has 0 aromatic heterocycles. The maximum atomic E-state index is 12.6. The lowest BCUT2D eigenvalue weighted by Gasteiger charge is -2.36. The second-order valence-electron chi connectivity index (χ2n) is 16.8. The molecular weight excluding hydrogens is 689 g/mol. The lowest BCUT2D eigenvalue weighted by molar-refractivity contribution is 0.122. The lowest BCUT2D eigenvalue weighted by atomic mass is 9.87. The number of nitrogens with one attached hydrogen (secondary N) is 2. The van der Waals surface area contributed by atoms with Gasteiger partial charge in [0.1, 0.15) is 13.2 Å². The number of hydrogen-bond acceptors (Lipinski definition) is 7. The van der Waals surface area contributed by atoms with Crippen molar-refractivity contribution in [2.24, 2.45) is 10.8 Å². The Morgan fingerprint density at radius 2 is 1.02 bits per heavy atom. The summed E-state index contributed by atoms with van der Waals surface area (Å²) in [5.74, 6) is 0. The summed E-state index contributed by atoms with van der Waals surface area (Å²) in [5, 5.41) is 5.74. The first-order valence-electron chi connectivity index (χ1n) is 17.2. The molecule has 13 heteroatoms. The van der Waals surface area contributed by atoms with Gasteiger partial charge in [-0.2, -0.15) is 0 Å². The Labute approximate surface area is 310 Å². The first-order chi connectivity index (χ1) is 23.2. The smallest absolute Gasteiger partial charge is 0.407 e. The van der Waals surface area contributed by atoms with Crippen LogP contribution in [0, 0.1) is 10.8 Å². The van der Waals surface area contributed by atoms with Crippen molar-refractivity contribution >= 4 is 33.2 Å². The van der Waals surface area contributed by atoms with Gasteiger partial charge in [0, 0.05) is 20.1 Å². The summed E-state index contributed by atoms with van der Waals surface area (Å²) in [4.78, 5) is 24.4. The summed E-state index contributed by atoms with van der Waals surface area (Å²) in [6.45, 7) is 23.8. The molecule has 290 valence electrons. The van der Waals surface area contributed by atoms with Crippen LogP contribution in [0.2, 0.25) is 0 Å². The summed E-state index contributed by atoms with van der Waals surface area (Å²) in [5.41, 5.74) is 1.30. The third-order valence-electron chi connectivity index (χ3n) is 7.97. The van der Waals surface area contributed by atoms with Crippen LogP contribution in [-0.2, 0) is 43.7 Å². The zero-order valence-corrected chi connectivity index (χ0v) is 35.0. The average molecular weight is 753 g/mol. The Bertz CT molecular complexity index is 1490. The number of carbonyl (C=O) groups is 2. The van der Waals surface area contributed by atoms with Crippen molar-refractivity contribution in [3.63, 3.8) is 0 Å². The number of sulfonamides is 1. The van der Waals surface area contributed by atoms with Crippen LogP contribution in [0.5, 0.6) is 0 Å². The molecule has 11 nitrogen and oxygen atoms in total. The van der Waals surface area contributed by atoms with Crippen LogP contribution in [-0.4, -0.2) is 82.2 Å². The van der Waals surface area contributed by atoms with Gasteiger partial charge in [0.2, 0.25) is 10.0 Å². The van der Waals surface area contributed by atoms with E-state index in [1.54, 1.807) is 25.1 Å². The summed E-state index contributed by atoms with van der Waals surface area (Å²) in [6, 6.07) is 18.4. The van der Waals surface area contributed by atoms with Gasteiger partial charge in [-0.3, -0.25) is 0 Å². The standard InChI is InChI=1S/C19H32N2O4S.C19H32N2O3S/c1-18(2,3)16(13-21(7)26(23,24)19(4,5)6)20-17(22)25-14-15-11-9-8-10-12-15;1-18(2,3)16(13-21(7)25(23)19(4,5)6)20-17(22)24-14-15-11-9-8-10-12-15/h8-12,16H,13-14H2,1-7H3,(H,20,22);8-12,16H,13-14H2,1-7H3,(H,20,22)/t16-;16-,25?/m11/s1. The summed E-state index contributed by atoms with van der Waals surface area (Å²) < 4.78 is 50.1. The molecule has 0 fully saturated rings. The molecule has 0 saturated carbocycles. The molecule has 0 aliphatic rings. The van der Waals surface area contributed by atoms with E-state index in [-0.39, 0.29) is 41.4 Å². The van der Waals surface area contributed by atoms with Crippen LogP contribution in [0.15, 0.2) is 60.7 Å². The zero-order valence-electron chi connectivity index (χ0n) is 33.3. The van der Waals surface area contributed by atoms with E-state index in [2.05, 4.69) is 10.6 Å². The maximum absolute atomic E-state index is 12.6. The molecular formula is C38H64N4O7S2. The Morgan fingerprint density at radius 3 is 1.33 bits per heavy atom. The van der Waals surface area contributed by atoms with Gasteiger partial charge >= 0.3 is 12.2 Å². The van der Waals surface area contributed by atoms with Crippen molar-refractivity contribution in [1.29, 1.82) is 0 Å². The molecule has 0 saturated heterocycles. The van der Waals surface area contributed by atoms with Crippen LogP contribution in [0.3, 0.4) is 0 Å². The van der Waals surface area contributed by atoms with Crippen LogP contribution in [0.4, 0.5) is 9.59 Å². The third kappa shape index (κ3) is 16.5. The monoisotopic (exact) mass is 752 g/mol. The summed E-state index contributed by atoms with van der Waals surface area (Å²) in [6.07, 6.45) is -1.02. The van der Waals surface area contributed by atoms with Gasteiger partial charge in [-0.15, -0.1) is 0 Å². The number of alkyl carbamates (subject to hydrolysis) is 2. The largest absolute Gasteiger partial charge is 0.445 e. The van der Waals surface area contributed by atoms with Crippen LogP contribution >= 0.6 is 0 Å². The number of likely N-dealkylation sites (N-methyl/N-ethyl adjacent to an activating group) is 2. The lowest BCUT2D eigenvalue weighted by Crippen LogP contribution is -2.53. The van der Waals surface area contributed by atoms with Gasteiger partial charge in [0.25, 0.3) is 0 Å². The van der Waals surface area contributed by atoms with Crippen LogP contribution < -0.4 is 10.6 Å². The van der Waals surface area contributed by atoms with Crippen LogP contribution in [0.25, 0.3) is 0 Å². The van der Waals surface area contributed by atoms with E-state index in [0.29, 0.717) is 6.54 Å². The number of nitrogens with zero attached hydrogens (tertiary/aromatic N) is 2. The highest BCUT2D eigenvalue weighted by atomic mass is 32.2. The van der Waals surface area contributed by atoms with E-state index in [1.165, 1.54) is 11.4 Å². The number of rotatable bonds is 12. The first kappa shape index (κ1) is 46.0. The van der Waals surface area contributed by atoms with Crippen molar-refractivity contribution in [1.82, 2.24) is 19.2 Å². The highest BCUT2D eigenvalue weighted by molar-refractivity contribution is 7.90. The Hall–Kier alpha value is -3.00. The van der Waals surface area contributed by atoms with E-state index < -0.39 is 44.0 Å². The zero-order chi connectivity index (χ0) is 39.4. The van der Waals surface area contributed by atoms with Crippen molar-refractivity contribution in [3.05, 3.63) is 71.8 Å². The van der Waals surface area contributed by atoms with Crippen LogP contribution in [0.1, 0.15) is 94.2 Å². The van der Waals surface area contributed by atoms with E-state index in [4.69, 9.17) is 9.47 Å². The van der Waals surface area contributed by atoms with Crippen molar-refractivity contribution in [2.45, 2.75) is 118 Å². The number of amides is 2. The molecule has 0 aliphatic heterocycles. The van der Waals surface area contributed by atoms with E-state index in [9.17, 15) is 22.2 Å². The van der Waals surface area contributed by atoms with Crippen molar-refractivity contribution < 1.29 is 31.7 Å². The molecule has 0 heterocycles. The molecule has 0 bridgehead atoms. The molecule has 2 aromatic carbocycles. The summed E-state index contributed by atoms with van der Waals surface area (Å²) in [7, 11) is -1.27. The molecule has 2 N–H and O–H groups in total. The summed E-state index contributed by atoms with van der Waals surface area (Å²) >= 11 is 0. The molecule has 51 heavy (non-hydrogen) atoms. The average Bonchev–Trinajstić information content (AvgIpc) is 3.01. The molecule has 0 aliphatic carbocycles. The van der Waals surface area contributed by atoms with E-state index >= 15 is 0 Å². The Morgan fingerprint density at radius 1 is 0.667 bits per heavy atom. The van der Waals surface area contributed by atoms with Crippen molar-refractivity contribution in [2.75, 3.05) is 27.2 Å². The Balaban J connectivity index is 0.000000510. The van der Waals surface area contributed by atoms with Gasteiger partial charge in [-0.1, -0.05) is 102 Å². The predicted molar refractivity (Wildman–Crippen MR) is 208 cm³/mol. The number of ether oxygens (including phenoxy) is 2. The molecule has 0 spiro atoms. The third-order valence-corrected chi connectivity index (χ3v) is 12.3. The Kier molecular flexibility index (Phi) is 17.3. The number of benzene rings is 2. The molecule has 3 atom stereocenters. The normalized spacial score (nSPS) is 14.5. The minimum absolute atomic E-state index is 0.166. The second-order valence-corrected chi connectivity index (χ2v) is 22.0. The van der Waals surface area contributed by atoms with E-state index in [1.807, 2.05) is 130 Å². The fraction of sp³-hybridized carbons (Fsp3) is 0.632. The highest BCUT2D eigenvalue weighted by Gasteiger charge is 2.37. The fourth-order valence-electron chi connectivity index (χ4n) is 4.50. The maximum Gasteiger partial charge on any atom is 0.407 e. The van der Waals surface area contributed by atoms with Gasteiger partial charge in [0.05, 0.1) is 32.6 Å². The first-order valence-corrected chi connectivity index (χ1v) is 19.7. The molecule has 1 unspecified atom stereocenters. The minimum Gasteiger partial charge on any atom is -0.445 e. The number of carbonyl (C=O) groups excluding carboxylic acids is 2. The second kappa shape index (κ2) is 19.2. The van der Waals surface area contributed by atoms with Crippen molar-refractivity contribution in [3.8, 4) is 0 Å².